The standard InChI is InChI=1S/C28H30F3N7O5/c1-4-5-14-36-22-23(38(43-25(40)28(29,30)31)26(36)35-13-7-8-18(32)16-35)34(2)27(41)37(24(22)39)15-17-10-11-20(42-3)19-9-6-12-33-21(17)19/h6,9-12,18,26H,7-8,13-16,32H2,1-3H3. The molecule has 228 valence electrons. The van der Waals surface area contributed by atoms with Crippen molar-refractivity contribution in [3.63, 3.8) is 0 Å². The van der Waals surface area contributed by atoms with E-state index in [1.165, 1.54) is 19.1 Å². The van der Waals surface area contributed by atoms with E-state index in [1.54, 1.807) is 42.3 Å². The first-order valence-electron chi connectivity index (χ1n) is 13.5. The summed E-state index contributed by atoms with van der Waals surface area (Å²) in [6.45, 7) is 1.88. The van der Waals surface area contributed by atoms with Gasteiger partial charge in [-0.1, -0.05) is 12.0 Å². The van der Waals surface area contributed by atoms with Crippen molar-refractivity contribution in [1.29, 1.82) is 0 Å². The smallest absolute Gasteiger partial charge is 0.493 e. The van der Waals surface area contributed by atoms with Crippen molar-refractivity contribution >= 4 is 28.4 Å². The number of likely N-dealkylation sites (tertiary alicyclic amines) is 1. The largest absolute Gasteiger partial charge is 0.496 e. The van der Waals surface area contributed by atoms with Crippen LogP contribution in [0.25, 0.3) is 10.9 Å². The van der Waals surface area contributed by atoms with Gasteiger partial charge in [-0.3, -0.25) is 23.8 Å². The number of halogens is 3. The molecule has 12 nitrogen and oxygen atoms in total. The number of alkyl halides is 3. The molecule has 0 bridgehead atoms. The van der Waals surface area contributed by atoms with Crippen molar-refractivity contribution in [3.05, 3.63) is 56.9 Å². The van der Waals surface area contributed by atoms with E-state index < -0.39 is 29.7 Å². The molecule has 2 aromatic heterocycles. The molecule has 5 rings (SSSR count). The van der Waals surface area contributed by atoms with E-state index in [-0.39, 0.29) is 37.2 Å². The Morgan fingerprint density at radius 3 is 2.67 bits per heavy atom. The molecule has 2 aliphatic rings. The van der Waals surface area contributed by atoms with E-state index in [4.69, 9.17) is 15.3 Å². The average molecular weight is 602 g/mol. The summed E-state index contributed by atoms with van der Waals surface area (Å²) in [6, 6.07) is 6.58. The first-order chi connectivity index (χ1) is 20.5. The highest BCUT2D eigenvalue weighted by molar-refractivity contribution is 5.87. The average Bonchev–Trinajstić information content (AvgIpc) is 3.30. The second-order valence-corrected chi connectivity index (χ2v) is 10.2. The van der Waals surface area contributed by atoms with Crippen molar-refractivity contribution in [2.75, 3.05) is 36.7 Å². The summed E-state index contributed by atoms with van der Waals surface area (Å²) in [5, 5.41) is 1.35. The number of benzene rings is 1. The Bertz CT molecular complexity index is 1740. The lowest BCUT2D eigenvalue weighted by Crippen LogP contribution is -2.60. The SMILES string of the molecule is CC#CCN1c2c(n(C)c(=O)n(Cc3ccc(OC)c4cccnc34)c2=O)N(OC(=O)C(F)(F)F)C1N1CCCC(N)C1. The molecule has 1 saturated heterocycles. The number of piperidine rings is 1. The summed E-state index contributed by atoms with van der Waals surface area (Å²) in [5.41, 5.74) is 5.45. The van der Waals surface area contributed by atoms with Gasteiger partial charge in [-0.15, -0.1) is 11.0 Å². The monoisotopic (exact) mass is 601 g/mol. The number of pyridine rings is 1. The van der Waals surface area contributed by atoms with Gasteiger partial charge >= 0.3 is 17.8 Å². The number of hydrogen-bond acceptors (Lipinski definition) is 10. The second-order valence-electron chi connectivity index (χ2n) is 10.2. The van der Waals surface area contributed by atoms with Crippen LogP contribution in [-0.4, -0.2) is 70.2 Å². The van der Waals surface area contributed by atoms with Gasteiger partial charge in [0.1, 0.15) is 5.75 Å². The van der Waals surface area contributed by atoms with Gasteiger partial charge in [-0.2, -0.15) is 13.2 Å². The van der Waals surface area contributed by atoms with E-state index in [1.807, 2.05) is 0 Å². The van der Waals surface area contributed by atoms with Crippen LogP contribution in [-0.2, 0) is 23.2 Å². The van der Waals surface area contributed by atoms with Crippen LogP contribution in [0, 0.1) is 11.8 Å². The highest BCUT2D eigenvalue weighted by atomic mass is 19.4. The predicted octanol–water partition coefficient (Wildman–Crippen LogP) is 1.53. The number of carbonyl (C=O) groups is 1. The van der Waals surface area contributed by atoms with Gasteiger partial charge in [0, 0.05) is 37.8 Å². The number of nitrogens with zero attached hydrogens (tertiary/aromatic N) is 6. The molecule has 2 N–H and O–H groups in total. The third-order valence-corrected chi connectivity index (χ3v) is 7.50. The van der Waals surface area contributed by atoms with E-state index in [0.29, 0.717) is 46.7 Å². The Balaban J connectivity index is 1.71. The molecule has 0 saturated carbocycles. The fourth-order valence-electron chi connectivity index (χ4n) is 5.57. The normalized spacial score (nSPS) is 18.8. The van der Waals surface area contributed by atoms with Crippen molar-refractivity contribution in [2.45, 2.75) is 44.8 Å². The molecule has 1 fully saturated rings. The summed E-state index contributed by atoms with van der Waals surface area (Å²) in [6.07, 6.45) is -3.69. The number of rotatable bonds is 6. The van der Waals surface area contributed by atoms with Crippen molar-refractivity contribution in [1.82, 2.24) is 19.0 Å². The lowest BCUT2D eigenvalue weighted by atomic mass is 10.1. The maximum atomic E-state index is 14.2. The third kappa shape index (κ3) is 5.39. The number of methoxy groups -OCH3 is 1. The van der Waals surface area contributed by atoms with E-state index in [2.05, 4.69) is 16.8 Å². The maximum absolute atomic E-state index is 14.2. The topological polar surface area (TPSA) is 128 Å². The maximum Gasteiger partial charge on any atom is 0.493 e. The number of nitrogens with two attached hydrogens (primary N) is 1. The first kappa shape index (κ1) is 29.9. The molecule has 2 atom stereocenters. The molecule has 0 aliphatic carbocycles. The zero-order chi connectivity index (χ0) is 31.1. The Kier molecular flexibility index (Phi) is 8.08. The fourth-order valence-corrected chi connectivity index (χ4v) is 5.57. The molecule has 0 amide bonds. The molecule has 4 heterocycles. The minimum Gasteiger partial charge on any atom is -0.496 e. The van der Waals surface area contributed by atoms with Crippen LogP contribution >= 0.6 is 0 Å². The van der Waals surface area contributed by atoms with Crippen LogP contribution in [0.5, 0.6) is 5.75 Å². The minimum atomic E-state index is -5.34. The molecule has 15 heteroatoms. The lowest BCUT2D eigenvalue weighted by molar-refractivity contribution is -0.203. The molecule has 3 aromatic rings. The lowest BCUT2D eigenvalue weighted by Gasteiger charge is -2.41. The molecule has 1 aromatic carbocycles. The van der Waals surface area contributed by atoms with Crippen LogP contribution in [0.2, 0.25) is 0 Å². The van der Waals surface area contributed by atoms with Crippen molar-refractivity contribution < 1.29 is 27.5 Å². The molecule has 0 radical (unpaired) electrons. The van der Waals surface area contributed by atoms with Gasteiger partial charge in [0.05, 0.1) is 25.7 Å². The van der Waals surface area contributed by atoms with Gasteiger partial charge in [-0.05, 0) is 43.5 Å². The fraction of sp³-hybridized carbons (Fsp3) is 0.429. The third-order valence-electron chi connectivity index (χ3n) is 7.50. The van der Waals surface area contributed by atoms with Gasteiger partial charge < -0.3 is 20.2 Å². The van der Waals surface area contributed by atoms with Crippen LogP contribution < -0.4 is 31.7 Å². The number of hydrogen-bond donors (Lipinski definition) is 1. The van der Waals surface area contributed by atoms with Crippen molar-refractivity contribution in [3.8, 4) is 17.6 Å². The van der Waals surface area contributed by atoms with Gasteiger partial charge in [0.2, 0.25) is 0 Å². The number of anilines is 2. The Morgan fingerprint density at radius 1 is 1.23 bits per heavy atom. The van der Waals surface area contributed by atoms with Crippen LogP contribution in [0.15, 0.2) is 40.1 Å². The van der Waals surface area contributed by atoms with Crippen LogP contribution in [0.4, 0.5) is 24.7 Å². The second kappa shape index (κ2) is 11.6. The van der Waals surface area contributed by atoms with Crippen LogP contribution in [0.3, 0.4) is 0 Å². The molecular weight excluding hydrogens is 571 g/mol. The zero-order valence-corrected chi connectivity index (χ0v) is 23.7. The van der Waals surface area contributed by atoms with E-state index in [9.17, 15) is 27.6 Å². The number of aromatic nitrogens is 3. The first-order valence-corrected chi connectivity index (χ1v) is 13.5. The molecule has 2 aliphatic heterocycles. The number of ether oxygens (including phenoxy) is 1. The number of carbonyl (C=O) groups excluding carboxylic acids is 1. The summed E-state index contributed by atoms with van der Waals surface area (Å²) in [4.78, 5) is 52.5. The van der Waals surface area contributed by atoms with Crippen LogP contribution in [0.1, 0.15) is 25.3 Å². The van der Waals surface area contributed by atoms with E-state index >= 15 is 0 Å². The zero-order valence-electron chi connectivity index (χ0n) is 23.7. The number of fused-ring (bicyclic) bond motifs is 2. The van der Waals surface area contributed by atoms with Gasteiger partial charge in [-0.25, -0.2) is 9.59 Å². The Morgan fingerprint density at radius 2 is 2.00 bits per heavy atom. The Hall–Kier alpha value is -4.55. The Labute approximate surface area is 243 Å². The minimum absolute atomic E-state index is 0.111. The molecule has 0 spiro atoms. The highest BCUT2D eigenvalue weighted by Gasteiger charge is 2.51. The van der Waals surface area contributed by atoms with Gasteiger partial charge in [0.25, 0.3) is 5.56 Å². The molecule has 43 heavy (non-hydrogen) atoms. The molecular formula is C28H30F3N7O5. The van der Waals surface area contributed by atoms with Gasteiger partial charge in [0.15, 0.2) is 17.8 Å². The van der Waals surface area contributed by atoms with Crippen molar-refractivity contribution in [2.24, 2.45) is 12.8 Å². The summed E-state index contributed by atoms with van der Waals surface area (Å²) in [5.74, 6) is 3.33. The number of hydroxylamine groups is 1. The summed E-state index contributed by atoms with van der Waals surface area (Å²) < 4.78 is 47.7. The predicted molar refractivity (Wildman–Crippen MR) is 151 cm³/mol. The summed E-state index contributed by atoms with van der Waals surface area (Å²) >= 11 is 0. The quantitative estimate of drug-likeness (QED) is 0.416. The van der Waals surface area contributed by atoms with E-state index in [0.717, 1.165) is 9.13 Å². The highest BCUT2D eigenvalue weighted by Crippen LogP contribution is 2.39. The molecule has 2 unspecified atom stereocenters. The summed E-state index contributed by atoms with van der Waals surface area (Å²) in [7, 11) is 2.81.